The largest absolute Gasteiger partial charge is 0.497 e. The van der Waals surface area contributed by atoms with Crippen LogP contribution in [0.15, 0.2) is 46.3 Å². The Hall–Kier alpha value is -3.01. The third-order valence-electron chi connectivity index (χ3n) is 6.45. The van der Waals surface area contributed by atoms with Gasteiger partial charge in [0, 0.05) is 16.0 Å². The summed E-state index contributed by atoms with van der Waals surface area (Å²) < 4.78 is 12.2. The molecule has 0 atom stereocenters. The molecule has 10 heteroatoms. The smallest absolute Gasteiger partial charge is 0.267 e. The van der Waals surface area contributed by atoms with Gasteiger partial charge in [0.05, 0.1) is 36.7 Å². The number of anilines is 1. The molecule has 0 bridgehead atoms. The van der Waals surface area contributed by atoms with Crippen LogP contribution in [-0.4, -0.2) is 35.4 Å². The van der Waals surface area contributed by atoms with E-state index in [0.29, 0.717) is 38.4 Å². The Balaban J connectivity index is 1.52. The van der Waals surface area contributed by atoms with Crippen molar-refractivity contribution in [1.29, 1.82) is 0 Å². The molecule has 2 heterocycles. The Morgan fingerprint density at radius 1 is 1.19 bits per heavy atom. The van der Waals surface area contributed by atoms with Crippen molar-refractivity contribution in [3.05, 3.63) is 67.8 Å². The topological polar surface area (TPSA) is 82.5 Å². The highest BCUT2D eigenvalue weighted by molar-refractivity contribution is 7.99. The maximum atomic E-state index is 14.0. The van der Waals surface area contributed by atoms with Crippen LogP contribution in [0.2, 0.25) is 5.02 Å². The molecule has 0 saturated heterocycles. The number of nitrogens with one attached hydrogen (secondary N) is 1. The van der Waals surface area contributed by atoms with Crippen molar-refractivity contribution < 1.29 is 14.3 Å². The molecule has 2 aromatic heterocycles. The second-order valence-corrected chi connectivity index (χ2v) is 11.1. The number of carbonyl (C=O) groups is 1. The van der Waals surface area contributed by atoms with Gasteiger partial charge in [-0.2, -0.15) is 0 Å². The van der Waals surface area contributed by atoms with E-state index in [1.165, 1.54) is 23.7 Å². The molecule has 37 heavy (non-hydrogen) atoms. The molecule has 0 aliphatic heterocycles. The van der Waals surface area contributed by atoms with Crippen LogP contribution in [0.25, 0.3) is 15.9 Å². The first-order chi connectivity index (χ1) is 17.9. The van der Waals surface area contributed by atoms with Crippen molar-refractivity contribution in [3.63, 3.8) is 0 Å². The molecular formula is C27H26ClN3O4S2. The molecule has 1 aliphatic rings. The van der Waals surface area contributed by atoms with Crippen LogP contribution in [0.5, 0.6) is 11.5 Å². The first-order valence-corrected chi connectivity index (χ1v) is 14.1. The van der Waals surface area contributed by atoms with Gasteiger partial charge in [0.1, 0.15) is 16.3 Å². The number of ether oxygens (including phenoxy) is 2. The lowest BCUT2D eigenvalue weighted by Gasteiger charge is -2.16. The van der Waals surface area contributed by atoms with E-state index in [4.69, 9.17) is 26.1 Å². The first-order valence-electron chi connectivity index (χ1n) is 11.9. The number of rotatable bonds is 7. The van der Waals surface area contributed by atoms with Crippen molar-refractivity contribution in [2.45, 2.75) is 37.8 Å². The van der Waals surface area contributed by atoms with E-state index in [9.17, 15) is 9.59 Å². The monoisotopic (exact) mass is 555 g/mol. The van der Waals surface area contributed by atoms with Crippen LogP contribution in [0, 0.1) is 6.92 Å². The molecule has 1 N–H and O–H groups in total. The number of aryl methyl sites for hydroxylation is 2. The zero-order chi connectivity index (χ0) is 26.1. The molecule has 7 nitrogen and oxygen atoms in total. The van der Waals surface area contributed by atoms with Gasteiger partial charge >= 0.3 is 0 Å². The van der Waals surface area contributed by atoms with Gasteiger partial charge in [-0.15, -0.1) is 11.3 Å². The molecule has 0 radical (unpaired) electrons. The molecule has 2 aromatic carbocycles. The van der Waals surface area contributed by atoms with Crippen LogP contribution >= 0.6 is 34.7 Å². The van der Waals surface area contributed by atoms with Crippen molar-refractivity contribution in [2.24, 2.45) is 0 Å². The third-order valence-corrected chi connectivity index (χ3v) is 8.99. The van der Waals surface area contributed by atoms with E-state index in [1.807, 2.05) is 19.1 Å². The minimum absolute atomic E-state index is 0.0534. The average molecular weight is 556 g/mol. The van der Waals surface area contributed by atoms with E-state index in [0.717, 1.165) is 41.6 Å². The summed E-state index contributed by atoms with van der Waals surface area (Å²) in [4.78, 5) is 33.8. The summed E-state index contributed by atoms with van der Waals surface area (Å²) in [5.41, 5.74) is 2.99. The van der Waals surface area contributed by atoms with Gasteiger partial charge in [0.2, 0.25) is 5.91 Å². The predicted molar refractivity (Wildman–Crippen MR) is 151 cm³/mol. The van der Waals surface area contributed by atoms with Crippen LogP contribution in [0.3, 0.4) is 0 Å². The number of hydrogen-bond donors (Lipinski definition) is 1. The Bertz CT molecular complexity index is 1560. The molecule has 1 amide bonds. The molecule has 0 saturated carbocycles. The number of hydrogen-bond acceptors (Lipinski definition) is 7. The maximum Gasteiger partial charge on any atom is 0.267 e. The lowest BCUT2D eigenvalue weighted by molar-refractivity contribution is -0.113. The van der Waals surface area contributed by atoms with Gasteiger partial charge in [-0.05, 0) is 68.0 Å². The van der Waals surface area contributed by atoms with E-state index >= 15 is 0 Å². The summed E-state index contributed by atoms with van der Waals surface area (Å²) >= 11 is 9.23. The second kappa shape index (κ2) is 10.8. The van der Waals surface area contributed by atoms with Crippen molar-refractivity contribution in [3.8, 4) is 17.2 Å². The highest BCUT2D eigenvalue weighted by Crippen LogP contribution is 2.36. The van der Waals surface area contributed by atoms with E-state index < -0.39 is 0 Å². The van der Waals surface area contributed by atoms with Crippen LogP contribution in [0.1, 0.15) is 28.8 Å². The number of fused-ring (bicyclic) bond motifs is 3. The molecule has 0 fully saturated rings. The molecule has 0 spiro atoms. The quantitative estimate of drug-likeness (QED) is 0.221. The molecular weight excluding hydrogens is 530 g/mol. The maximum absolute atomic E-state index is 14.0. The number of thiophene rings is 1. The predicted octanol–water partition coefficient (Wildman–Crippen LogP) is 6.04. The Labute approximate surface area is 227 Å². The van der Waals surface area contributed by atoms with E-state index in [-0.39, 0.29) is 17.2 Å². The van der Waals surface area contributed by atoms with Gasteiger partial charge in [-0.3, -0.25) is 14.2 Å². The zero-order valence-electron chi connectivity index (χ0n) is 20.7. The fourth-order valence-corrected chi connectivity index (χ4v) is 6.83. The van der Waals surface area contributed by atoms with Gasteiger partial charge in [-0.25, -0.2) is 4.98 Å². The number of carbonyl (C=O) groups excluding carboxylic acids is 1. The molecule has 4 aromatic rings. The normalized spacial score (nSPS) is 12.9. The van der Waals surface area contributed by atoms with Crippen LogP contribution in [-0.2, 0) is 17.6 Å². The highest BCUT2D eigenvalue weighted by atomic mass is 35.5. The third kappa shape index (κ3) is 4.95. The summed E-state index contributed by atoms with van der Waals surface area (Å²) in [6.07, 6.45) is 4.05. The molecule has 1 aliphatic carbocycles. The number of thioether (sulfide) groups is 1. The van der Waals surface area contributed by atoms with E-state index in [2.05, 4.69) is 5.32 Å². The van der Waals surface area contributed by atoms with Gasteiger partial charge in [-0.1, -0.05) is 29.4 Å². The second-order valence-electron chi connectivity index (χ2n) is 8.71. The summed E-state index contributed by atoms with van der Waals surface area (Å²) in [5, 5.41) is 4.59. The molecule has 0 unspecified atom stereocenters. The number of methoxy groups -OCH3 is 2. The summed E-state index contributed by atoms with van der Waals surface area (Å²) in [7, 11) is 3.10. The van der Waals surface area contributed by atoms with Crippen molar-refractivity contribution in [1.82, 2.24) is 9.55 Å². The first kappa shape index (κ1) is 25.6. The van der Waals surface area contributed by atoms with Gasteiger partial charge in [0.15, 0.2) is 5.16 Å². The van der Waals surface area contributed by atoms with Crippen LogP contribution in [0.4, 0.5) is 5.69 Å². The zero-order valence-corrected chi connectivity index (χ0v) is 23.1. The summed E-state index contributed by atoms with van der Waals surface area (Å²) in [6, 6.07) is 10.7. The van der Waals surface area contributed by atoms with Crippen LogP contribution < -0.4 is 20.3 Å². The van der Waals surface area contributed by atoms with Crippen molar-refractivity contribution >= 4 is 56.5 Å². The number of halogens is 1. The lowest BCUT2D eigenvalue weighted by Crippen LogP contribution is -2.24. The number of nitrogens with zero attached hydrogens (tertiary/aromatic N) is 2. The number of benzene rings is 2. The van der Waals surface area contributed by atoms with Crippen molar-refractivity contribution in [2.75, 3.05) is 25.3 Å². The Kier molecular flexibility index (Phi) is 7.46. The SMILES string of the molecule is COc1ccc(NC(=O)CSc2nc3sc4c(c3c(=O)n2-c2cccc(Cl)c2C)CCCC4)c(OC)c1. The Morgan fingerprint density at radius 2 is 2.00 bits per heavy atom. The average Bonchev–Trinajstić information content (AvgIpc) is 3.28. The summed E-state index contributed by atoms with van der Waals surface area (Å²) in [6.45, 7) is 1.88. The number of aromatic nitrogens is 2. The minimum atomic E-state index is -0.248. The molecule has 192 valence electrons. The fraction of sp³-hybridized carbons (Fsp3) is 0.296. The lowest BCUT2D eigenvalue weighted by atomic mass is 9.97. The summed E-state index contributed by atoms with van der Waals surface area (Å²) in [5.74, 6) is 0.925. The molecule has 5 rings (SSSR count). The fourth-order valence-electron chi connectivity index (χ4n) is 4.55. The van der Waals surface area contributed by atoms with E-state index in [1.54, 1.807) is 47.3 Å². The minimum Gasteiger partial charge on any atom is -0.497 e. The van der Waals surface area contributed by atoms with Gasteiger partial charge < -0.3 is 14.8 Å². The highest BCUT2D eigenvalue weighted by Gasteiger charge is 2.24. The standard InChI is InChI=1S/C27H26ClN3O4S2/c1-15-18(28)8-6-9-20(15)31-26(33)24-17-7-4-5-10-22(17)37-25(24)30-27(31)36-14-23(32)29-19-12-11-16(34-2)13-21(19)35-3/h6,8-9,11-13H,4-5,7,10,14H2,1-3H3,(H,29,32). The Morgan fingerprint density at radius 3 is 2.78 bits per heavy atom. The number of amides is 1. The van der Waals surface area contributed by atoms with Gasteiger partial charge in [0.25, 0.3) is 5.56 Å².